The van der Waals surface area contributed by atoms with Crippen molar-refractivity contribution in [1.29, 1.82) is 0 Å². The first kappa shape index (κ1) is 11.4. The zero-order valence-electron chi connectivity index (χ0n) is 9.96. The molecule has 2 rings (SSSR count). The molecule has 4 heteroatoms. The predicted molar refractivity (Wildman–Crippen MR) is 65.4 cm³/mol. The summed E-state index contributed by atoms with van der Waals surface area (Å²) in [5.74, 6) is -0.619. The summed E-state index contributed by atoms with van der Waals surface area (Å²) < 4.78 is 4.56. The van der Waals surface area contributed by atoms with Crippen LogP contribution in [-0.2, 0) is 4.74 Å². The van der Waals surface area contributed by atoms with E-state index in [2.05, 4.69) is 9.72 Å². The van der Waals surface area contributed by atoms with E-state index in [4.69, 9.17) is 0 Å². The Morgan fingerprint density at radius 1 is 1.18 bits per heavy atom. The molecule has 0 unspecified atom stereocenters. The van der Waals surface area contributed by atoms with Crippen molar-refractivity contribution in [1.82, 2.24) is 4.98 Å². The van der Waals surface area contributed by atoms with Crippen LogP contribution in [0.2, 0.25) is 0 Å². The summed E-state index contributed by atoms with van der Waals surface area (Å²) in [6.45, 7) is 3.96. The first-order valence-electron chi connectivity index (χ1n) is 5.25. The lowest BCUT2D eigenvalue weighted by Gasteiger charge is -2.05. The van der Waals surface area contributed by atoms with Crippen LogP contribution in [0.4, 0.5) is 0 Å². The van der Waals surface area contributed by atoms with E-state index in [0.717, 1.165) is 22.0 Å². The number of pyridine rings is 1. The van der Waals surface area contributed by atoms with Crippen molar-refractivity contribution in [3.8, 4) is 0 Å². The van der Waals surface area contributed by atoms with Crippen LogP contribution in [-0.4, -0.2) is 18.1 Å². The third kappa shape index (κ3) is 1.93. The molecule has 0 aliphatic heterocycles. The number of aromatic amines is 1. The molecule has 1 aromatic carbocycles. The molecular weight excluding hydrogens is 218 g/mol. The Kier molecular flexibility index (Phi) is 2.71. The lowest BCUT2D eigenvalue weighted by atomic mass is 10.1. The largest absolute Gasteiger partial charge is 0.465 e. The van der Waals surface area contributed by atoms with Crippen LogP contribution in [0.3, 0.4) is 0 Å². The highest BCUT2D eigenvalue weighted by Gasteiger charge is 2.12. The molecule has 0 saturated heterocycles. The normalized spacial score (nSPS) is 10.5. The Hall–Kier alpha value is -2.10. The number of methoxy groups -OCH3 is 1. The highest BCUT2D eigenvalue weighted by atomic mass is 16.5. The van der Waals surface area contributed by atoms with Gasteiger partial charge in [0.1, 0.15) is 5.56 Å². The summed E-state index contributed by atoms with van der Waals surface area (Å²) in [4.78, 5) is 25.7. The molecule has 0 aliphatic carbocycles. The SMILES string of the molecule is COC(=O)c1cc2cc(C)c(C)cc2[nH]c1=O. The number of fused-ring (bicyclic) bond motifs is 1. The monoisotopic (exact) mass is 231 g/mol. The Morgan fingerprint density at radius 2 is 1.82 bits per heavy atom. The summed E-state index contributed by atoms with van der Waals surface area (Å²) in [6.07, 6.45) is 0. The second-order valence-corrected chi connectivity index (χ2v) is 4.03. The van der Waals surface area contributed by atoms with Gasteiger partial charge >= 0.3 is 5.97 Å². The molecule has 0 fully saturated rings. The fraction of sp³-hybridized carbons (Fsp3) is 0.231. The third-order valence-electron chi connectivity index (χ3n) is 2.86. The minimum Gasteiger partial charge on any atom is -0.465 e. The van der Waals surface area contributed by atoms with E-state index in [1.54, 1.807) is 6.07 Å². The van der Waals surface area contributed by atoms with Crippen LogP contribution in [0.25, 0.3) is 10.9 Å². The average Bonchev–Trinajstić information content (AvgIpc) is 2.30. The van der Waals surface area contributed by atoms with Crippen molar-refractivity contribution in [3.63, 3.8) is 0 Å². The highest BCUT2D eigenvalue weighted by Crippen LogP contribution is 2.17. The first-order valence-corrected chi connectivity index (χ1v) is 5.25. The second-order valence-electron chi connectivity index (χ2n) is 4.03. The average molecular weight is 231 g/mol. The third-order valence-corrected chi connectivity index (χ3v) is 2.86. The van der Waals surface area contributed by atoms with Gasteiger partial charge in [0.2, 0.25) is 0 Å². The number of aromatic nitrogens is 1. The van der Waals surface area contributed by atoms with Gasteiger partial charge in [0.25, 0.3) is 5.56 Å². The van der Waals surface area contributed by atoms with Gasteiger partial charge in [0.15, 0.2) is 0 Å². The van der Waals surface area contributed by atoms with Gasteiger partial charge < -0.3 is 9.72 Å². The lowest BCUT2D eigenvalue weighted by molar-refractivity contribution is 0.0599. The summed E-state index contributed by atoms with van der Waals surface area (Å²) in [5.41, 5.74) is 2.54. The van der Waals surface area contributed by atoms with Gasteiger partial charge in [-0.3, -0.25) is 4.79 Å². The van der Waals surface area contributed by atoms with E-state index in [0.29, 0.717) is 0 Å². The van der Waals surface area contributed by atoms with Crippen LogP contribution in [0.5, 0.6) is 0 Å². The topological polar surface area (TPSA) is 59.2 Å². The molecule has 4 nitrogen and oxygen atoms in total. The molecule has 1 heterocycles. The molecule has 0 saturated carbocycles. The molecule has 0 spiro atoms. The van der Waals surface area contributed by atoms with E-state index in [1.807, 2.05) is 26.0 Å². The lowest BCUT2D eigenvalue weighted by Crippen LogP contribution is -2.18. The van der Waals surface area contributed by atoms with Crippen molar-refractivity contribution in [2.24, 2.45) is 0 Å². The number of ether oxygens (including phenoxy) is 1. The number of hydrogen-bond acceptors (Lipinski definition) is 3. The van der Waals surface area contributed by atoms with Crippen molar-refractivity contribution in [2.45, 2.75) is 13.8 Å². The number of rotatable bonds is 1. The van der Waals surface area contributed by atoms with E-state index in [-0.39, 0.29) is 5.56 Å². The molecular formula is C13H13NO3. The Labute approximate surface area is 98.2 Å². The van der Waals surface area contributed by atoms with Crippen LogP contribution in [0, 0.1) is 13.8 Å². The quantitative estimate of drug-likeness (QED) is 0.763. The summed E-state index contributed by atoms with van der Waals surface area (Å²) in [6, 6.07) is 5.40. The molecule has 0 aliphatic rings. The van der Waals surface area contributed by atoms with Crippen molar-refractivity contribution < 1.29 is 9.53 Å². The maximum Gasteiger partial charge on any atom is 0.343 e. The van der Waals surface area contributed by atoms with E-state index >= 15 is 0 Å². The number of esters is 1. The Bertz CT molecular complexity index is 655. The molecule has 17 heavy (non-hydrogen) atoms. The number of benzene rings is 1. The molecule has 1 N–H and O–H groups in total. The number of nitrogens with one attached hydrogen (secondary N) is 1. The summed E-state index contributed by atoms with van der Waals surface area (Å²) in [5, 5.41) is 0.827. The van der Waals surface area contributed by atoms with Crippen molar-refractivity contribution >= 4 is 16.9 Å². The van der Waals surface area contributed by atoms with Crippen LogP contribution >= 0.6 is 0 Å². The first-order chi connectivity index (χ1) is 8.02. The summed E-state index contributed by atoms with van der Waals surface area (Å²) in [7, 11) is 1.26. The fourth-order valence-electron chi connectivity index (χ4n) is 1.74. The van der Waals surface area contributed by atoms with Gasteiger partial charge in [-0.25, -0.2) is 4.79 Å². The van der Waals surface area contributed by atoms with Crippen LogP contribution in [0.1, 0.15) is 21.5 Å². The molecule has 0 bridgehead atoms. The number of aryl methyl sites for hydroxylation is 2. The minimum absolute atomic E-state index is 0.0308. The predicted octanol–water partition coefficient (Wildman–Crippen LogP) is 1.93. The van der Waals surface area contributed by atoms with Gasteiger partial charge in [-0.1, -0.05) is 0 Å². The molecule has 1 aromatic heterocycles. The molecule has 0 amide bonds. The molecule has 0 atom stereocenters. The molecule has 2 aromatic rings. The Morgan fingerprint density at radius 3 is 2.47 bits per heavy atom. The van der Waals surface area contributed by atoms with E-state index in [9.17, 15) is 9.59 Å². The summed E-state index contributed by atoms with van der Waals surface area (Å²) >= 11 is 0. The zero-order valence-corrected chi connectivity index (χ0v) is 9.96. The number of hydrogen-bond donors (Lipinski definition) is 1. The fourth-order valence-corrected chi connectivity index (χ4v) is 1.74. The maximum absolute atomic E-state index is 11.7. The zero-order chi connectivity index (χ0) is 12.6. The van der Waals surface area contributed by atoms with Gasteiger partial charge in [0, 0.05) is 5.52 Å². The van der Waals surface area contributed by atoms with Gasteiger partial charge in [-0.15, -0.1) is 0 Å². The van der Waals surface area contributed by atoms with Crippen LogP contribution in [0.15, 0.2) is 23.0 Å². The van der Waals surface area contributed by atoms with Gasteiger partial charge in [-0.05, 0) is 48.6 Å². The Balaban J connectivity index is 2.76. The van der Waals surface area contributed by atoms with E-state index in [1.165, 1.54) is 7.11 Å². The van der Waals surface area contributed by atoms with Crippen LogP contribution < -0.4 is 5.56 Å². The second kappa shape index (κ2) is 4.05. The standard InChI is InChI=1S/C13H13NO3/c1-7-4-9-6-10(13(16)17-3)12(15)14-11(9)5-8(7)2/h4-6H,1-3H3,(H,14,15). The minimum atomic E-state index is -0.619. The molecule has 0 radical (unpaired) electrons. The highest BCUT2D eigenvalue weighted by molar-refractivity contribution is 5.93. The van der Waals surface area contributed by atoms with E-state index < -0.39 is 11.5 Å². The van der Waals surface area contributed by atoms with Gasteiger partial charge in [0.05, 0.1) is 7.11 Å². The van der Waals surface area contributed by atoms with Crippen molar-refractivity contribution in [3.05, 3.63) is 45.2 Å². The number of H-pyrrole nitrogens is 1. The number of carbonyl (C=O) groups is 1. The van der Waals surface area contributed by atoms with Gasteiger partial charge in [-0.2, -0.15) is 0 Å². The van der Waals surface area contributed by atoms with Crippen molar-refractivity contribution in [2.75, 3.05) is 7.11 Å². The number of carbonyl (C=O) groups excluding carboxylic acids is 1. The molecule has 88 valence electrons. The maximum atomic E-state index is 11.7. The smallest absolute Gasteiger partial charge is 0.343 e.